The average molecular weight is 598 g/mol. The number of hydrogen-bond acceptors (Lipinski definition) is 3. The summed E-state index contributed by atoms with van der Waals surface area (Å²) in [7, 11) is 4.29. The van der Waals surface area contributed by atoms with E-state index >= 15 is 0 Å². The van der Waals surface area contributed by atoms with E-state index in [1.807, 2.05) is 11.8 Å². The van der Waals surface area contributed by atoms with Crippen molar-refractivity contribution in [1.82, 2.24) is 4.90 Å². The molecule has 0 saturated heterocycles. The summed E-state index contributed by atoms with van der Waals surface area (Å²) in [5, 5.41) is 0. The van der Waals surface area contributed by atoms with Crippen molar-refractivity contribution in [3.8, 4) is 0 Å². The highest BCUT2D eigenvalue weighted by molar-refractivity contribution is 7.99. The van der Waals surface area contributed by atoms with E-state index in [4.69, 9.17) is 4.74 Å². The van der Waals surface area contributed by atoms with Gasteiger partial charge in [0, 0.05) is 6.54 Å². The van der Waals surface area contributed by atoms with Gasteiger partial charge in [-0.2, -0.15) is 0 Å². The highest BCUT2D eigenvalue weighted by Gasteiger charge is 2.40. The molecule has 1 atom stereocenters. The highest BCUT2D eigenvalue weighted by Crippen LogP contribution is 2.42. The van der Waals surface area contributed by atoms with Crippen LogP contribution in [0.4, 0.5) is 0 Å². The van der Waals surface area contributed by atoms with Gasteiger partial charge in [-0.25, -0.2) is 0 Å². The molecular weight excluding hydrogens is 543 g/mol. The van der Waals surface area contributed by atoms with Gasteiger partial charge in [-0.3, -0.25) is 0 Å². The quantitative estimate of drug-likeness (QED) is 0.0495. The molecule has 3 heteroatoms. The summed E-state index contributed by atoms with van der Waals surface area (Å²) in [6.45, 7) is 3.12. The minimum Gasteiger partial charge on any atom is -0.346 e. The van der Waals surface area contributed by atoms with Crippen molar-refractivity contribution in [2.24, 2.45) is 0 Å². The number of likely N-dealkylation sites (N-methyl/N-ethyl adjacent to an activating group) is 1. The fourth-order valence-electron chi connectivity index (χ4n) is 5.47. The largest absolute Gasteiger partial charge is 0.346 e. The van der Waals surface area contributed by atoms with E-state index in [2.05, 4.69) is 141 Å². The van der Waals surface area contributed by atoms with Gasteiger partial charge in [-0.05, 0) is 75.1 Å². The Morgan fingerprint density at radius 2 is 1.09 bits per heavy atom. The summed E-state index contributed by atoms with van der Waals surface area (Å²) in [4.78, 5) is 2.25. The van der Waals surface area contributed by atoms with Crippen molar-refractivity contribution in [2.75, 3.05) is 26.4 Å². The molecule has 3 aromatic rings. The Bertz CT molecular complexity index is 1050. The van der Waals surface area contributed by atoms with Crippen LogP contribution in [0.1, 0.15) is 94.2 Å². The molecule has 232 valence electrons. The molecule has 0 amide bonds. The Kier molecular flexibility index (Phi) is 17.2. The SMILES string of the molecule is CCCCC/C=C\C/C=C\CCCCCCCSC(CN(C)C)OC(c1ccccc1)(c1ccccc1)c1ccccc1. The van der Waals surface area contributed by atoms with Gasteiger partial charge in [-0.1, -0.05) is 154 Å². The number of unbranched alkanes of at least 4 members (excludes halogenated alkanes) is 8. The van der Waals surface area contributed by atoms with Crippen molar-refractivity contribution in [3.63, 3.8) is 0 Å². The summed E-state index contributed by atoms with van der Waals surface area (Å²) in [6.07, 6.45) is 23.3. The van der Waals surface area contributed by atoms with E-state index in [9.17, 15) is 0 Å². The molecule has 1 unspecified atom stereocenters. The maximum atomic E-state index is 7.34. The molecular formula is C40H55NOS. The van der Waals surface area contributed by atoms with Crippen LogP contribution in [-0.2, 0) is 10.3 Å². The Hall–Kier alpha value is -2.59. The van der Waals surface area contributed by atoms with Crippen LogP contribution in [0, 0.1) is 0 Å². The standard InChI is InChI=1S/C40H55NOS/c1-4-5-6-7-8-9-10-11-12-13-14-15-16-17-27-34-43-39(35-41(2)3)42-40(36-28-21-18-22-29-36,37-30-23-19-24-31-37)38-32-25-20-26-33-38/h8-9,11-12,18-26,28-33,39H,4-7,10,13-17,27,34-35H2,1-3H3/b9-8-,12-11-. The van der Waals surface area contributed by atoms with Gasteiger partial charge in [0.1, 0.15) is 11.0 Å². The molecule has 3 rings (SSSR count). The average Bonchev–Trinajstić information content (AvgIpc) is 3.04. The first kappa shape index (κ1) is 34.9. The lowest BCUT2D eigenvalue weighted by Gasteiger charge is -2.39. The van der Waals surface area contributed by atoms with E-state index in [1.165, 1.54) is 64.2 Å². The molecule has 0 aliphatic rings. The molecule has 3 aromatic carbocycles. The molecule has 0 aliphatic heterocycles. The molecule has 2 nitrogen and oxygen atoms in total. The lowest BCUT2D eigenvalue weighted by molar-refractivity contribution is -0.0128. The van der Waals surface area contributed by atoms with Crippen LogP contribution in [0.5, 0.6) is 0 Å². The van der Waals surface area contributed by atoms with Crippen LogP contribution in [0.2, 0.25) is 0 Å². The van der Waals surface area contributed by atoms with Crippen molar-refractivity contribution >= 4 is 11.8 Å². The highest BCUT2D eigenvalue weighted by atomic mass is 32.2. The predicted molar refractivity (Wildman–Crippen MR) is 190 cm³/mol. The zero-order valence-electron chi connectivity index (χ0n) is 27.0. The zero-order chi connectivity index (χ0) is 30.4. The number of rotatable bonds is 22. The molecule has 43 heavy (non-hydrogen) atoms. The Labute approximate surface area is 267 Å². The first-order chi connectivity index (χ1) is 21.2. The summed E-state index contributed by atoms with van der Waals surface area (Å²) < 4.78 is 7.34. The number of thioether (sulfide) groups is 1. The molecule has 0 heterocycles. The van der Waals surface area contributed by atoms with Crippen LogP contribution >= 0.6 is 11.8 Å². The van der Waals surface area contributed by atoms with Crippen LogP contribution in [0.25, 0.3) is 0 Å². The fourth-order valence-corrected chi connectivity index (χ4v) is 6.72. The summed E-state index contributed by atoms with van der Waals surface area (Å²) in [5.74, 6) is 1.11. The van der Waals surface area contributed by atoms with Gasteiger partial charge in [0.2, 0.25) is 0 Å². The first-order valence-electron chi connectivity index (χ1n) is 16.6. The number of allylic oxidation sites excluding steroid dienone is 4. The van der Waals surface area contributed by atoms with Crippen molar-refractivity contribution in [2.45, 2.75) is 88.6 Å². The van der Waals surface area contributed by atoms with Crippen LogP contribution in [0.15, 0.2) is 115 Å². The summed E-state index contributed by atoms with van der Waals surface area (Å²) in [5.41, 5.74) is 2.83. The van der Waals surface area contributed by atoms with Crippen molar-refractivity contribution < 1.29 is 4.74 Å². The van der Waals surface area contributed by atoms with Gasteiger partial charge < -0.3 is 9.64 Å². The van der Waals surface area contributed by atoms with Gasteiger partial charge >= 0.3 is 0 Å². The van der Waals surface area contributed by atoms with E-state index < -0.39 is 5.60 Å². The third-order valence-electron chi connectivity index (χ3n) is 7.76. The number of hydrogen-bond donors (Lipinski definition) is 0. The van der Waals surface area contributed by atoms with Crippen molar-refractivity contribution in [1.29, 1.82) is 0 Å². The summed E-state index contributed by atoms with van der Waals surface area (Å²) in [6, 6.07) is 32.2. The molecule has 0 bridgehead atoms. The normalized spacial score (nSPS) is 12.9. The maximum absolute atomic E-state index is 7.34. The molecule has 0 spiro atoms. The topological polar surface area (TPSA) is 12.5 Å². The second kappa shape index (κ2) is 21.2. The second-order valence-corrected chi connectivity index (χ2v) is 13.0. The van der Waals surface area contributed by atoms with Crippen LogP contribution < -0.4 is 0 Å². The molecule has 0 saturated carbocycles. The Morgan fingerprint density at radius 3 is 1.58 bits per heavy atom. The number of nitrogens with zero attached hydrogens (tertiary/aromatic N) is 1. The predicted octanol–water partition coefficient (Wildman–Crippen LogP) is 11.0. The summed E-state index contributed by atoms with van der Waals surface area (Å²) >= 11 is 1.96. The molecule has 0 aromatic heterocycles. The minimum atomic E-state index is -0.685. The second-order valence-electron chi connectivity index (χ2n) is 11.7. The molecule has 0 radical (unpaired) electrons. The van der Waals surface area contributed by atoms with E-state index in [0.29, 0.717) is 0 Å². The van der Waals surface area contributed by atoms with Crippen molar-refractivity contribution in [3.05, 3.63) is 132 Å². The first-order valence-corrected chi connectivity index (χ1v) is 17.6. The lowest BCUT2D eigenvalue weighted by Crippen LogP contribution is -2.39. The molecule has 0 aliphatic carbocycles. The van der Waals surface area contributed by atoms with E-state index in [1.54, 1.807) is 0 Å². The van der Waals surface area contributed by atoms with Gasteiger partial charge in [0.25, 0.3) is 0 Å². The monoisotopic (exact) mass is 597 g/mol. The molecule has 0 N–H and O–H groups in total. The van der Waals surface area contributed by atoms with Gasteiger partial charge in [-0.15, -0.1) is 11.8 Å². The Morgan fingerprint density at radius 1 is 0.628 bits per heavy atom. The zero-order valence-corrected chi connectivity index (χ0v) is 27.8. The van der Waals surface area contributed by atoms with E-state index in [-0.39, 0.29) is 5.44 Å². The molecule has 0 fully saturated rings. The smallest absolute Gasteiger partial charge is 0.145 e. The third-order valence-corrected chi connectivity index (χ3v) is 8.90. The fraction of sp³-hybridized carbons (Fsp3) is 0.450. The third kappa shape index (κ3) is 12.5. The number of ether oxygens (including phenoxy) is 1. The maximum Gasteiger partial charge on any atom is 0.145 e. The van der Waals surface area contributed by atoms with Crippen LogP contribution in [-0.4, -0.2) is 36.7 Å². The minimum absolute atomic E-state index is 0.0291. The number of benzene rings is 3. The van der Waals surface area contributed by atoms with E-state index in [0.717, 1.165) is 35.4 Å². The van der Waals surface area contributed by atoms with Crippen LogP contribution in [0.3, 0.4) is 0 Å². The van der Waals surface area contributed by atoms with Gasteiger partial charge in [0.15, 0.2) is 0 Å². The lowest BCUT2D eigenvalue weighted by atomic mass is 9.80. The van der Waals surface area contributed by atoms with Gasteiger partial charge in [0.05, 0.1) is 0 Å². The Balaban J connectivity index is 1.54.